The Hall–Kier alpha value is -1.61. The minimum absolute atomic E-state index is 0.0470. The summed E-state index contributed by atoms with van der Waals surface area (Å²) >= 11 is -1.65. The lowest BCUT2D eigenvalue weighted by Gasteiger charge is -2.19. The van der Waals surface area contributed by atoms with Gasteiger partial charge in [0.25, 0.3) is 5.91 Å². The SMILES string of the molecule is CC1(C)OC[C@@H](COc2ccc(CCCCC=N[S+]([O-])C(C)(C)C(N)=O)cc2)O1. The monoisotopic (exact) mass is 424 g/mol. The summed E-state index contributed by atoms with van der Waals surface area (Å²) in [6, 6.07) is 8.05. The van der Waals surface area contributed by atoms with E-state index in [9.17, 15) is 9.35 Å². The number of carbonyl (C=O) groups excluding carboxylic acids is 1. The van der Waals surface area contributed by atoms with E-state index < -0.39 is 27.8 Å². The molecule has 0 aliphatic carbocycles. The van der Waals surface area contributed by atoms with Gasteiger partial charge in [0.05, 0.1) is 12.8 Å². The topological polar surface area (TPSA) is 106 Å². The Morgan fingerprint density at radius 2 is 2.07 bits per heavy atom. The van der Waals surface area contributed by atoms with Crippen LogP contribution in [0.15, 0.2) is 28.7 Å². The van der Waals surface area contributed by atoms with Crippen LogP contribution in [0.3, 0.4) is 0 Å². The minimum Gasteiger partial charge on any atom is -0.590 e. The Morgan fingerprint density at radius 1 is 1.38 bits per heavy atom. The van der Waals surface area contributed by atoms with Crippen molar-refractivity contribution in [3.05, 3.63) is 29.8 Å². The van der Waals surface area contributed by atoms with Crippen molar-refractivity contribution in [1.29, 1.82) is 0 Å². The van der Waals surface area contributed by atoms with E-state index in [0.717, 1.165) is 25.0 Å². The summed E-state index contributed by atoms with van der Waals surface area (Å²) in [5, 5.41) is 0. The van der Waals surface area contributed by atoms with E-state index in [4.69, 9.17) is 19.9 Å². The number of primary amides is 1. The Morgan fingerprint density at radius 3 is 2.66 bits per heavy atom. The van der Waals surface area contributed by atoms with Crippen LogP contribution in [0.5, 0.6) is 5.75 Å². The number of benzene rings is 1. The summed E-state index contributed by atoms with van der Waals surface area (Å²) in [6.07, 6.45) is 5.13. The molecule has 1 unspecified atom stereocenters. The van der Waals surface area contributed by atoms with E-state index in [1.54, 1.807) is 6.21 Å². The average molecular weight is 425 g/mol. The van der Waals surface area contributed by atoms with Crippen molar-refractivity contribution in [2.24, 2.45) is 10.1 Å². The van der Waals surface area contributed by atoms with Gasteiger partial charge in [-0.05, 0) is 71.1 Å². The highest BCUT2D eigenvalue weighted by Gasteiger charge is 2.39. The third kappa shape index (κ3) is 7.62. The molecule has 0 saturated carbocycles. The maximum absolute atomic E-state index is 11.9. The molecule has 2 atom stereocenters. The zero-order valence-corrected chi connectivity index (χ0v) is 18.5. The number of unbranched alkanes of at least 4 members (excludes halogenated alkanes) is 2. The summed E-state index contributed by atoms with van der Waals surface area (Å²) in [5.41, 5.74) is 6.46. The highest BCUT2D eigenvalue weighted by Crippen LogP contribution is 2.23. The van der Waals surface area contributed by atoms with E-state index in [-0.39, 0.29) is 6.10 Å². The minimum atomic E-state index is -1.65. The predicted octanol–water partition coefficient (Wildman–Crippen LogP) is 2.93. The van der Waals surface area contributed by atoms with Crippen LogP contribution in [0.4, 0.5) is 0 Å². The third-order valence-corrected chi connectivity index (χ3v) is 6.09. The molecule has 1 saturated heterocycles. The first-order valence-corrected chi connectivity index (χ1v) is 11.0. The highest BCUT2D eigenvalue weighted by molar-refractivity contribution is 7.92. The quantitative estimate of drug-likeness (QED) is 0.334. The van der Waals surface area contributed by atoms with Crippen LogP contribution in [0.2, 0.25) is 0 Å². The van der Waals surface area contributed by atoms with Crippen LogP contribution >= 0.6 is 0 Å². The third-order valence-electron chi connectivity index (χ3n) is 4.68. The fourth-order valence-corrected chi connectivity index (χ4v) is 3.37. The first-order valence-electron chi connectivity index (χ1n) is 9.88. The Labute approximate surface area is 176 Å². The largest absolute Gasteiger partial charge is 0.590 e. The molecule has 7 nitrogen and oxygen atoms in total. The molecule has 1 aromatic rings. The standard InChI is InChI=1S/C21H32N2O5S/c1-20(2,19(22)24)29(25)23-13-7-5-6-8-16-9-11-17(12-10-16)26-14-18-15-27-21(3,4)28-18/h9-13,18H,5-8,14-15H2,1-4H3,(H2,22,24)/t18-,29?/m1/s1. The Bertz CT molecular complexity index is 691. The van der Waals surface area contributed by atoms with Gasteiger partial charge in [-0.25, -0.2) is 0 Å². The zero-order chi connectivity index (χ0) is 21.5. The van der Waals surface area contributed by atoms with Crippen molar-refractivity contribution < 1.29 is 23.6 Å². The van der Waals surface area contributed by atoms with E-state index in [1.165, 1.54) is 19.4 Å². The van der Waals surface area contributed by atoms with Crippen molar-refractivity contribution in [3.63, 3.8) is 0 Å². The second-order valence-electron chi connectivity index (χ2n) is 8.06. The van der Waals surface area contributed by atoms with E-state index in [2.05, 4.69) is 16.5 Å². The number of nitrogens with two attached hydrogens (primary N) is 1. The molecule has 0 radical (unpaired) electrons. The molecule has 29 heavy (non-hydrogen) atoms. The fourth-order valence-electron chi connectivity index (χ4n) is 2.69. The van der Waals surface area contributed by atoms with Crippen LogP contribution in [0, 0.1) is 0 Å². The lowest BCUT2D eigenvalue weighted by molar-refractivity contribution is -0.141. The van der Waals surface area contributed by atoms with Crippen LogP contribution in [0.25, 0.3) is 0 Å². The highest BCUT2D eigenvalue weighted by atomic mass is 32.2. The number of nitrogens with zero attached hydrogens (tertiary/aromatic N) is 1. The molecule has 8 heteroatoms. The number of aryl methyl sites for hydroxylation is 1. The van der Waals surface area contributed by atoms with Crippen molar-refractivity contribution in [1.82, 2.24) is 0 Å². The normalized spacial score (nSPS) is 20.1. The summed E-state index contributed by atoms with van der Waals surface area (Å²) in [6.45, 7) is 7.87. The molecule has 162 valence electrons. The predicted molar refractivity (Wildman–Crippen MR) is 114 cm³/mol. The maximum atomic E-state index is 11.9. The zero-order valence-electron chi connectivity index (χ0n) is 17.7. The average Bonchev–Trinajstić information content (AvgIpc) is 3.02. The molecule has 1 aromatic carbocycles. The molecule has 1 amide bonds. The number of hydrogen-bond donors (Lipinski definition) is 1. The van der Waals surface area contributed by atoms with Crippen molar-refractivity contribution in [3.8, 4) is 5.75 Å². The molecular weight excluding hydrogens is 392 g/mol. The number of amides is 1. The summed E-state index contributed by atoms with van der Waals surface area (Å²) < 4.78 is 31.8. The number of rotatable bonds is 11. The fraction of sp³-hybridized carbons (Fsp3) is 0.619. The maximum Gasteiger partial charge on any atom is 0.275 e. The lowest BCUT2D eigenvalue weighted by Crippen LogP contribution is -2.44. The van der Waals surface area contributed by atoms with Gasteiger partial charge in [-0.3, -0.25) is 4.79 Å². The molecule has 1 fully saturated rings. The first kappa shape index (κ1) is 23.7. The molecule has 1 aliphatic heterocycles. The first-order chi connectivity index (χ1) is 13.6. The van der Waals surface area contributed by atoms with Gasteiger partial charge >= 0.3 is 0 Å². The smallest absolute Gasteiger partial charge is 0.275 e. The Kier molecular flexibility index (Phi) is 8.51. The summed E-state index contributed by atoms with van der Waals surface area (Å²) in [5.74, 6) is -0.336. The molecule has 0 spiro atoms. The number of carbonyl (C=O) groups is 1. The molecule has 1 heterocycles. The van der Waals surface area contributed by atoms with Gasteiger partial charge in [0.1, 0.15) is 29.8 Å². The van der Waals surface area contributed by atoms with Crippen molar-refractivity contribution in [2.75, 3.05) is 13.2 Å². The van der Waals surface area contributed by atoms with Gasteiger partial charge in [0.15, 0.2) is 5.79 Å². The number of ether oxygens (including phenoxy) is 3. The van der Waals surface area contributed by atoms with Crippen LogP contribution in [-0.2, 0) is 32.1 Å². The van der Waals surface area contributed by atoms with Crippen LogP contribution in [0.1, 0.15) is 52.5 Å². The molecule has 2 rings (SSSR count). The van der Waals surface area contributed by atoms with E-state index >= 15 is 0 Å². The van der Waals surface area contributed by atoms with Gasteiger partial charge in [0, 0.05) is 0 Å². The van der Waals surface area contributed by atoms with E-state index in [0.29, 0.717) is 19.6 Å². The lowest BCUT2D eigenvalue weighted by atomic mass is 10.1. The second-order valence-corrected chi connectivity index (χ2v) is 9.79. The molecule has 2 N–H and O–H groups in total. The second kappa shape index (κ2) is 10.4. The van der Waals surface area contributed by atoms with Gasteiger partial charge in [-0.1, -0.05) is 16.5 Å². The summed E-state index contributed by atoms with van der Waals surface area (Å²) in [7, 11) is 0. The van der Waals surface area contributed by atoms with Gasteiger partial charge in [-0.2, -0.15) is 0 Å². The summed E-state index contributed by atoms with van der Waals surface area (Å²) in [4.78, 5) is 11.2. The molecule has 0 bridgehead atoms. The molecule has 1 aliphatic rings. The van der Waals surface area contributed by atoms with Crippen molar-refractivity contribution in [2.45, 2.75) is 70.0 Å². The van der Waals surface area contributed by atoms with Crippen LogP contribution in [-0.4, -0.2) is 46.5 Å². The Balaban J connectivity index is 1.64. The van der Waals surface area contributed by atoms with E-state index in [1.807, 2.05) is 26.0 Å². The molecular formula is C21H32N2O5S. The number of hydrogen-bond acceptors (Lipinski definition) is 6. The van der Waals surface area contributed by atoms with Crippen molar-refractivity contribution >= 4 is 23.5 Å². The van der Waals surface area contributed by atoms with Gasteiger partial charge < -0.3 is 24.5 Å². The van der Waals surface area contributed by atoms with Gasteiger partial charge in [-0.15, -0.1) is 0 Å². The molecule has 0 aromatic heterocycles. The van der Waals surface area contributed by atoms with Crippen LogP contribution < -0.4 is 10.5 Å². The van der Waals surface area contributed by atoms with Gasteiger partial charge in [0.2, 0.25) is 4.75 Å².